The maximum Gasteiger partial charge on any atom is 0.257 e. The minimum atomic E-state index is -0.212. The summed E-state index contributed by atoms with van der Waals surface area (Å²) in [7, 11) is 0. The van der Waals surface area contributed by atoms with Gasteiger partial charge in [-0.25, -0.2) is 9.97 Å². The molecule has 0 bridgehead atoms. The number of benzene rings is 1. The van der Waals surface area contributed by atoms with Gasteiger partial charge in [-0.05, 0) is 56.3 Å². The molecule has 0 aliphatic carbocycles. The number of hydrogen-bond acceptors (Lipinski definition) is 4. The third kappa shape index (κ3) is 3.53. The molecule has 3 heterocycles. The van der Waals surface area contributed by atoms with Gasteiger partial charge in [0.05, 0.1) is 16.8 Å². The van der Waals surface area contributed by atoms with Crippen LogP contribution in [0.4, 0.5) is 5.82 Å². The number of rotatable bonds is 3. The molecule has 0 aliphatic heterocycles. The first-order valence-electron chi connectivity index (χ1n) is 8.67. The average molecular weight is 354 g/mol. The van der Waals surface area contributed by atoms with Crippen LogP contribution in [-0.2, 0) is 0 Å². The van der Waals surface area contributed by atoms with Crippen molar-refractivity contribution in [3.63, 3.8) is 0 Å². The highest BCUT2D eigenvalue weighted by atomic mass is 16.1. The third-order valence-electron chi connectivity index (χ3n) is 4.30. The lowest BCUT2D eigenvalue weighted by molar-refractivity contribution is 0.102. The van der Waals surface area contributed by atoms with Crippen LogP contribution >= 0.6 is 0 Å². The van der Waals surface area contributed by atoms with E-state index in [0.717, 1.165) is 27.7 Å². The summed E-state index contributed by atoms with van der Waals surface area (Å²) in [4.78, 5) is 26.3. The molecule has 0 spiro atoms. The Morgan fingerprint density at radius 1 is 0.963 bits per heavy atom. The van der Waals surface area contributed by atoms with Gasteiger partial charge in [0.1, 0.15) is 5.82 Å². The minimum absolute atomic E-state index is 0.212. The van der Waals surface area contributed by atoms with Crippen LogP contribution < -0.4 is 5.32 Å². The predicted molar refractivity (Wildman–Crippen MR) is 107 cm³/mol. The molecule has 0 radical (unpaired) electrons. The fourth-order valence-electron chi connectivity index (χ4n) is 2.99. The predicted octanol–water partition coefficient (Wildman–Crippen LogP) is 4.56. The number of carbonyl (C=O) groups is 1. The number of nitrogens with zero attached hydrogens (tertiary/aromatic N) is 3. The van der Waals surface area contributed by atoms with Crippen LogP contribution in [0.1, 0.15) is 21.6 Å². The van der Waals surface area contributed by atoms with E-state index < -0.39 is 0 Å². The third-order valence-corrected chi connectivity index (χ3v) is 4.30. The second-order valence-corrected chi connectivity index (χ2v) is 6.44. The van der Waals surface area contributed by atoms with Crippen LogP contribution in [0.3, 0.4) is 0 Å². The van der Waals surface area contributed by atoms with Gasteiger partial charge in [0, 0.05) is 29.0 Å². The summed E-state index contributed by atoms with van der Waals surface area (Å²) in [6, 6.07) is 17.0. The molecular weight excluding hydrogens is 336 g/mol. The summed E-state index contributed by atoms with van der Waals surface area (Å²) in [5.74, 6) is 0.316. The summed E-state index contributed by atoms with van der Waals surface area (Å²) in [6.45, 7) is 3.89. The van der Waals surface area contributed by atoms with Gasteiger partial charge in [-0.2, -0.15) is 0 Å². The Labute approximate surface area is 157 Å². The summed E-state index contributed by atoms with van der Waals surface area (Å²) < 4.78 is 0. The molecule has 1 N–H and O–H groups in total. The van der Waals surface area contributed by atoms with Gasteiger partial charge in [0.2, 0.25) is 0 Å². The number of nitrogens with one attached hydrogen (secondary N) is 1. The monoisotopic (exact) mass is 354 g/mol. The smallest absolute Gasteiger partial charge is 0.257 e. The quantitative estimate of drug-likeness (QED) is 0.585. The van der Waals surface area contributed by atoms with E-state index in [0.29, 0.717) is 17.1 Å². The van der Waals surface area contributed by atoms with Crippen molar-refractivity contribution in [3.8, 4) is 11.3 Å². The molecule has 0 unspecified atom stereocenters. The van der Waals surface area contributed by atoms with Crippen LogP contribution in [0.5, 0.6) is 0 Å². The highest BCUT2D eigenvalue weighted by Gasteiger charge is 2.15. The molecule has 0 saturated carbocycles. The van der Waals surface area contributed by atoms with E-state index >= 15 is 0 Å². The lowest BCUT2D eigenvalue weighted by Crippen LogP contribution is -2.14. The van der Waals surface area contributed by atoms with Crippen molar-refractivity contribution in [3.05, 3.63) is 83.8 Å². The van der Waals surface area contributed by atoms with Crippen LogP contribution in [0.2, 0.25) is 0 Å². The van der Waals surface area contributed by atoms with Crippen molar-refractivity contribution in [2.75, 3.05) is 5.32 Å². The van der Waals surface area contributed by atoms with Gasteiger partial charge >= 0.3 is 0 Å². The number of hydrogen-bond donors (Lipinski definition) is 1. The van der Waals surface area contributed by atoms with Gasteiger partial charge in [-0.3, -0.25) is 9.78 Å². The normalized spacial score (nSPS) is 10.7. The highest BCUT2D eigenvalue weighted by molar-refractivity contribution is 6.12. The van der Waals surface area contributed by atoms with Gasteiger partial charge in [0.25, 0.3) is 5.91 Å². The summed E-state index contributed by atoms with van der Waals surface area (Å²) in [6.07, 6.45) is 3.46. The van der Waals surface area contributed by atoms with Gasteiger partial charge in [-0.15, -0.1) is 0 Å². The first-order chi connectivity index (χ1) is 13.1. The van der Waals surface area contributed by atoms with Gasteiger partial charge < -0.3 is 5.32 Å². The zero-order valence-corrected chi connectivity index (χ0v) is 15.1. The second kappa shape index (κ2) is 6.96. The molecule has 0 fully saturated rings. The van der Waals surface area contributed by atoms with E-state index in [1.807, 2.05) is 62.4 Å². The van der Waals surface area contributed by atoms with Crippen LogP contribution in [-0.4, -0.2) is 20.9 Å². The van der Waals surface area contributed by atoms with Crippen LogP contribution in [0, 0.1) is 13.8 Å². The minimum Gasteiger partial charge on any atom is -0.307 e. The van der Waals surface area contributed by atoms with E-state index in [-0.39, 0.29) is 5.91 Å². The van der Waals surface area contributed by atoms with Crippen molar-refractivity contribution in [1.29, 1.82) is 0 Å². The highest BCUT2D eigenvalue weighted by Crippen LogP contribution is 2.26. The molecule has 1 amide bonds. The van der Waals surface area contributed by atoms with Crippen molar-refractivity contribution >= 4 is 22.6 Å². The zero-order valence-electron chi connectivity index (χ0n) is 15.1. The van der Waals surface area contributed by atoms with Gasteiger partial charge in [-0.1, -0.05) is 17.7 Å². The molecule has 4 rings (SSSR count). The molecule has 0 atom stereocenters. The summed E-state index contributed by atoms with van der Waals surface area (Å²) in [5.41, 5.74) is 4.82. The molecule has 0 aliphatic rings. The molecular formula is C22H18N4O. The second-order valence-electron chi connectivity index (χ2n) is 6.44. The van der Waals surface area contributed by atoms with Crippen molar-refractivity contribution < 1.29 is 4.79 Å². The Balaban J connectivity index is 1.84. The van der Waals surface area contributed by atoms with Crippen molar-refractivity contribution in [2.45, 2.75) is 13.8 Å². The maximum absolute atomic E-state index is 13.0. The molecule has 3 aromatic heterocycles. The number of pyridine rings is 3. The van der Waals surface area contributed by atoms with Gasteiger partial charge in [0.15, 0.2) is 0 Å². The van der Waals surface area contributed by atoms with Crippen LogP contribution in [0.25, 0.3) is 22.2 Å². The number of amides is 1. The molecule has 1 aromatic carbocycles. The Morgan fingerprint density at radius 2 is 1.85 bits per heavy atom. The lowest BCUT2D eigenvalue weighted by Gasteiger charge is -2.11. The largest absolute Gasteiger partial charge is 0.307 e. The molecule has 5 heteroatoms. The van der Waals surface area contributed by atoms with Crippen molar-refractivity contribution in [1.82, 2.24) is 15.0 Å². The average Bonchev–Trinajstić information content (AvgIpc) is 2.68. The SMILES string of the molecule is Cc1ccc2nc(-c3cccnc3)cc(C(=O)Nc3cccc(C)n3)c2c1. The maximum atomic E-state index is 13.0. The van der Waals surface area contributed by atoms with Crippen LogP contribution in [0.15, 0.2) is 67.0 Å². The Bertz CT molecular complexity index is 1140. The number of aromatic nitrogens is 3. The van der Waals surface area contributed by atoms with E-state index in [1.54, 1.807) is 18.5 Å². The van der Waals surface area contributed by atoms with E-state index in [4.69, 9.17) is 4.98 Å². The topological polar surface area (TPSA) is 67.8 Å². The molecule has 132 valence electrons. The molecule has 27 heavy (non-hydrogen) atoms. The fraction of sp³-hybridized carbons (Fsp3) is 0.0909. The van der Waals surface area contributed by atoms with E-state index in [9.17, 15) is 4.79 Å². The first-order valence-corrected chi connectivity index (χ1v) is 8.67. The number of carbonyl (C=O) groups excluding carboxylic acids is 1. The first kappa shape index (κ1) is 16.8. The standard InChI is InChI=1S/C22H18N4O/c1-14-8-9-19-17(11-14)18(12-20(25-19)16-6-4-10-23-13-16)22(27)26-21-7-3-5-15(2)24-21/h3-13H,1-2H3,(H,24,26,27). The number of anilines is 1. The Kier molecular flexibility index (Phi) is 4.34. The molecule has 5 nitrogen and oxygen atoms in total. The van der Waals surface area contributed by atoms with Crippen molar-refractivity contribution in [2.24, 2.45) is 0 Å². The fourth-order valence-corrected chi connectivity index (χ4v) is 2.99. The Hall–Kier alpha value is -3.60. The summed E-state index contributed by atoms with van der Waals surface area (Å²) >= 11 is 0. The van der Waals surface area contributed by atoms with E-state index in [1.165, 1.54) is 0 Å². The Morgan fingerprint density at radius 3 is 2.63 bits per heavy atom. The number of aryl methyl sites for hydroxylation is 2. The molecule has 4 aromatic rings. The lowest BCUT2D eigenvalue weighted by atomic mass is 10.0. The van der Waals surface area contributed by atoms with E-state index in [2.05, 4.69) is 15.3 Å². The number of fused-ring (bicyclic) bond motifs is 1. The zero-order chi connectivity index (χ0) is 18.8. The molecule has 0 saturated heterocycles. The summed E-state index contributed by atoms with van der Waals surface area (Å²) in [5, 5.41) is 3.71.